The molecule has 0 spiro atoms. The predicted molar refractivity (Wildman–Crippen MR) is 124 cm³/mol. The van der Waals surface area contributed by atoms with E-state index in [0.29, 0.717) is 16.7 Å². The summed E-state index contributed by atoms with van der Waals surface area (Å²) >= 11 is 0. The molecule has 0 amide bonds. The Morgan fingerprint density at radius 1 is 1.00 bits per heavy atom. The Morgan fingerprint density at radius 2 is 1.64 bits per heavy atom. The number of rotatable bonds is 7. The van der Waals surface area contributed by atoms with Crippen LogP contribution in [0.2, 0.25) is 0 Å². The van der Waals surface area contributed by atoms with Crippen molar-refractivity contribution >= 4 is 17.3 Å². The Hall–Kier alpha value is -4.59. The Morgan fingerprint density at radius 3 is 2.21 bits per heavy atom. The van der Waals surface area contributed by atoms with Gasteiger partial charge in [-0.05, 0) is 43.3 Å². The Labute approximate surface area is 190 Å². The molecule has 8 nitrogen and oxygen atoms in total. The molecule has 0 atom stereocenters. The van der Waals surface area contributed by atoms with E-state index < -0.39 is 5.97 Å². The highest BCUT2D eigenvalue weighted by Gasteiger charge is 2.18. The highest BCUT2D eigenvalue weighted by Crippen LogP contribution is 2.31. The van der Waals surface area contributed by atoms with Crippen LogP contribution in [0.25, 0.3) is 28.3 Å². The van der Waals surface area contributed by atoms with E-state index in [-0.39, 0.29) is 45.9 Å². The Kier molecular flexibility index (Phi) is 6.78. The Bertz CT molecular complexity index is 1290. The number of allylic oxidation sites excluding steroid dienone is 3. The SMILES string of the molecule is C=C/C=C(\C(=C)O)c1nc(-c2ccc(C(=O)OC)cc2)nc(-c2cc(C(C)=O)ccc2O)n1. The number of hydrogen-bond acceptors (Lipinski definition) is 8. The molecule has 33 heavy (non-hydrogen) atoms. The number of aromatic hydroxyl groups is 1. The van der Waals surface area contributed by atoms with E-state index in [1.54, 1.807) is 24.3 Å². The summed E-state index contributed by atoms with van der Waals surface area (Å²) in [6.45, 7) is 8.58. The molecule has 0 unspecified atom stereocenters. The number of nitrogens with zero attached hydrogens (tertiary/aromatic N) is 3. The van der Waals surface area contributed by atoms with Crippen molar-refractivity contribution in [2.45, 2.75) is 6.92 Å². The lowest BCUT2D eigenvalue weighted by Crippen LogP contribution is -2.05. The molecular formula is C25H21N3O5. The summed E-state index contributed by atoms with van der Waals surface area (Å²) in [6.07, 6.45) is 2.93. The monoisotopic (exact) mass is 443 g/mol. The fraction of sp³-hybridized carbons (Fsp3) is 0.0800. The van der Waals surface area contributed by atoms with Gasteiger partial charge in [-0.3, -0.25) is 4.79 Å². The van der Waals surface area contributed by atoms with E-state index in [2.05, 4.69) is 28.1 Å². The maximum atomic E-state index is 11.9. The second kappa shape index (κ2) is 9.69. The molecule has 2 aromatic carbocycles. The fourth-order valence-corrected chi connectivity index (χ4v) is 2.97. The lowest BCUT2D eigenvalue weighted by molar-refractivity contribution is 0.0600. The second-order valence-electron chi connectivity index (χ2n) is 6.93. The minimum atomic E-state index is -0.489. The molecule has 8 heteroatoms. The molecule has 0 aliphatic rings. The molecule has 2 N–H and O–H groups in total. The van der Waals surface area contributed by atoms with Crippen LogP contribution in [0.5, 0.6) is 5.75 Å². The van der Waals surface area contributed by atoms with Crippen LogP contribution in [0.3, 0.4) is 0 Å². The number of aliphatic hydroxyl groups is 1. The van der Waals surface area contributed by atoms with Gasteiger partial charge in [0.05, 0.1) is 23.8 Å². The maximum Gasteiger partial charge on any atom is 0.337 e. The number of hydrogen-bond donors (Lipinski definition) is 2. The number of esters is 1. The van der Waals surface area contributed by atoms with Crippen molar-refractivity contribution in [3.8, 4) is 28.5 Å². The predicted octanol–water partition coefficient (Wildman–Crippen LogP) is 4.54. The molecule has 0 aliphatic heterocycles. The molecule has 1 heterocycles. The molecule has 0 aliphatic carbocycles. The van der Waals surface area contributed by atoms with Crippen molar-refractivity contribution in [1.82, 2.24) is 15.0 Å². The van der Waals surface area contributed by atoms with Gasteiger partial charge in [0.1, 0.15) is 11.5 Å². The summed E-state index contributed by atoms with van der Waals surface area (Å²) < 4.78 is 4.72. The second-order valence-corrected chi connectivity index (χ2v) is 6.93. The number of carbonyl (C=O) groups is 2. The van der Waals surface area contributed by atoms with Crippen molar-refractivity contribution in [2.75, 3.05) is 7.11 Å². The van der Waals surface area contributed by atoms with Crippen LogP contribution in [-0.4, -0.2) is 44.0 Å². The van der Waals surface area contributed by atoms with E-state index in [1.165, 1.54) is 44.4 Å². The smallest absolute Gasteiger partial charge is 0.337 e. The highest BCUT2D eigenvalue weighted by atomic mass is 16.5. The minimum Gasteiger partial charge on any atom is -0.508 e. The third kappa shape index (κ3) is 5.01. The number of benzene rings is 2. The third-order valence-corrected chi connectivity index (χ3v) is 4.68. The molecule has 0 saturated carbocycles. The zero-order chi connectivity index (χ0) is 24.1. The van der Waals surface area contributed by atoms with Crippen LogP contribution in [0.1, 0.15) is 33.5 Å². The van der Waals surface area contributed by atoms with Crippen molar-refractivity contribution in [3.63, 3.8) is 0 Å². The van der Waals surface area contributed by atoms with Crippen molar-refractivity contribution in [2.24, 2.45) is 0 Å². The summed E-state index contributed by atoms with van der Waals surface area (Å²) in [4.78, 5) is 36.9. The molecule has 0 bridgehead atoms. The molecule has 3 aromatic rings. The topological polar surface area (TPSA) is 122 Å². The molecule has 166 valence electrons. The average Bonchev–Trinajstić information content (AvgIpc) is 2.81. The van der Waals surface area contributed by atoms with Crippen LogP contribution >= 0.6 is 0 Å². The number of carbonyl (C=O) groups excluding carboxylic acids is 2. The first-order valence-electron chi connectivity index (χ1n) is 9.75. The van der Waals surface area contributed by atoms with Gasteiger partial charge < -0.3 is 14.9 Å². The van der Waals surface area contributed by atoms with E-state index in [1.807, 2.05) is 0 Å². The van der Waals surface area contributed by atoms with Gasteiger partial charge in [0.25, 0.3) is 0 Å². The van der Waals surface area contributed by atoms with Gasteiger partial charge >= 0.3 is 5.97 Å². The molecule has 3 rings (SSSR count). The van der Waals surface area contributed by atoms with E-state index >= 15 is 0 Å². The van der Waals surface area contributed by atoms with Gasteiger partial charge in [-0.25, -0.2) is 19.7 Å². The molecule has 1 aromatic heterocycles. The lowest BCUT2D eigenvalue weighted by Gasteiger charge is -2.11. The van der Waals surface area contributed by atoms with Crippen LogP contribution in [0.15, 0.2) is 73.5 Å². The summed E-state index contributed by atoms with van der Waals surface area (Å²) in [5.41, 5.74) is 1.65. The van der Waals surface area contributed by atoms with Crippen molar-refractivity contribution in [3.05, 3.63) is 90.5 Å². The first-order chi connectivity index (χ1) is 15.7. The van der Waals surface area contributed by atoms with Gasteiger partial charge in [-0.2, -0.15) is 0 Å². The summed E-state index contributed by atoms with van der Waals surface area (Å²) in [6, 6.07) is 10.7. The largest absolute Gasteiger partial charge is 0.508 e. The van der Waals surface area contributed by atoms with Crippen molar-refractivity contribution in [1.29, 1.82) is 0 Å². The number of Topliss-reactive ketones (excluding diaryl/α,β-unsaturated/α-hetero) is 1. The third-order valence-electron chi connectivity index (χ3n) is 4.68. The first-order valence-corrected chi connectivity index (χ1v) is 9.75. The van der Waals surface area contributed by atoms with Crippen LogP contribution in [0, 0.1) is 0 Å². The summed E-state index contributed by atoms with van der Waals surface area (Å²) in [5, 5.41) is 20.5. The molecular weight excluding hydrogens is 422 g/mol. The number of aliphatic hydroxyl groups excluding tert-OH is 1. The van der Waals surface area contributed by atoms with Crippen LogP contribution in [0.4, 0.5) is 0 Å². The highest BCUT2D eigenvalue weighted by molar-refractivity contribution is 5.95. The first kappa shape index (κ1) is 23.1. The van der Waals surface area contributed by atoms with E-state index in [9.17, 15) is 19.8 Å². The number of ketones is 1. The van der Waals surface area contributed by atoms with Gasteiger partial charge in [-0.1, -0.05) is 31.4 Å². The molecule has 0 radical (unpaired) electrons. The minimum absolute atomic E-state index is 0.0730. The van der Waals surface area contributed by atoms with Crippen LogP contribution < -0.4 is 0 Å². The van der Waals surface area contributed by atoms with E-state index in [0.717, 1.165) is 0 Å². The van der Waals surface area contributed by atoms with E-state index in [4.69, 9.17) is 4.74 Å². The number of aromatic nitrogens is 3. The summed E-state index contributed by atoms with van der Waals surface area (Å²) in [5.74, 6) is -0.759. The van der Waals surface area contributed by atoms with Gasteiger partial charge in [0, 0.05) is 11.1 Å². The normalized spacial score (nSPS) is 11.0. The summed E-state index contributed by atoms with van der Waals surface area (Å²) in [7, 11) is 1.29. The van der Waals surface area contributed by atoms with Crippen molar-refractivity contribution < 1.29 is 24.5 Å². The number of phenolic OH excluding ortho intramolecular Hbond substituents is 1. The number of phenols is 1. The standard InChI is InChI=1S/C25H21N3O5/c1-5-6-19(15(3)30)23-26-22(16-7-9-17(10-8-16)25(32)33-4)27-24(28-23)20-13-18(14(2)29)11-12-21(20)31/h5-13,30-31H,1,3H2,2,4H3/b19-6+. The lowest BCUT2D eigenvalue weighted by atomic mass is 10.1. The van der Waals surface area contributed by atoms with Gasteiger partial charge in [0.15, 0.2) is 23.3 Å². The molecule has 0 fully saturated rings. The fourth-order valence-electron chi connectivity index (χ4n) is 2.97. The zero-order valence-electron chi connectivity index (χ0n) is 18.1. The van der Waals surface area contributed by atoms with Crippen LogP contribution in [-0.2, 0) is 4.74 Å². The van der Waals surface area contributed by atoms with Gasteiger partial charge in [0.2, 0.25) is 0 Å². The number of methoxy groups -OCH3 is 1. The zero-order valence-corrected chi connectivity index (χ0v) is 18.1. The van der Waals surface area contributed by atoms with Gasteiger partial charge in [-0.15, -0.1) is 0 Å². The molecule has 0 saturated heterocycles. The average molecular weight is 443 g/mol. The Balaban J connectivity index is 2.26. The maximum absolute atomic E-state index is 11.9. The quantitative estimate of drug-likeness (QED) is 0.236. The number of ether oxygens (including phenoxy) is 1.